The molecule has 104 valence electrons. The van der Waals surface area contributed by atoms with Crippen LogP contribution in [-0.4, -0.2) is 39.4 Å². The quantitative estimate of drug-likeness (QED) is 0.904. The third-order valence-corrected chi connectivity index (χ3v) is 4.31. The summed E-state index contributed by atoms with van der Waals surface area (Å²) in [7, 11) is 1.80. The minimum atomic E-state index is -0.309. The zero-order chi connectivity index (χ0) is 13.9. The van der Waals surface area contributed by atoms with Crippen LogP contribution in [0.5, 0.6) is 0 Å². The average molecular weight is 289 g/mol. The predicted octanol–water partition coefficient (Wildman–Crippen LogP) is 0.778. The second-order valence-corrected chi connectivity index (χ2v) is 5.48. The van der Waals surface area contributed by atoms with Crippen molar-refractivity contribution in [2.24, 2.45) is 0 Å². The normalized spacial score (nSPS) is 18.8. The van der Waals surface area contributed by atoms with Crippen LogP contribution >= 0.6 is 11.3 Å². The molecule has 0 radical (unpaired) electrons. The Morgan fingerprint density at radius 3 is 3.10 bits per heavy atom. The Morgan fingerprint density at radius 1 is 1.45 bits per heavy atom. The van der Waals surface area contributed by atoms with E-state index < -0.39 is 0 Å². The molecule has 3 heterocycles. The van der Waals surface area contributed by atoms with Gasteiger partial charge in [0.2, 0.25) is 5.91 Å². The Balaban J connectivity index is 1.84. The Kier molecular flexibility index (Phi) is 3.70. The molecular weight excluding hydrogens is 274 g/mol. The number of nitrogens with zero attached hydrogens (tertiary/aromatic N) is 4. The summed E-state index contributed by atoms with van der Waals surface area (Å²) in [6.07, 6.45) is 5.75. The zero-order valence-electron chi connectivity index (χ0n) is 11.1. The van der Waals surface area contributed by atoms with Crippen LogP contribution in [0.2, 0.25) is 0 Å². The highest BCUT2D eigenvalue weighted by Gasteiger charge is 2.31. The molecule has 1 aliphatic heterocycles. The van der Waals surface area contributed by atoms with E-state index in [0.29, 0.717) is 13.1 Å². The van der Waals surface area contributed by atoms with E-state index in [-0.39, 0.29) is 11.9 Å². The number of fused-ring (bicyclic) bond motifs is 1. The van der Waals surface area contributed by atoms with E-state index in [4.69, 9.17) is 0 Å². The van der Waals surface area contributed by atoms with Gasteiger partial charge in [-0.05, 0) is 7.05 Å². The van der Waals surface area contributed by atoms with Gasteiger partial charge in [-0.25, -0.2) is 4.98 Å². The minimum absolute atomic E-state index is 0.0705. The summed E-state index contributed by atoms with van der Waals surface area (Å²) in [5.41, 5.74) is 3.62. The molecule has 1 atom stereocenters. The van der Waals surface area contributed by atoms with Gasteiger partial charge in [0, 0.05) is 25.4 Å². The Morgan fingerprint density at radius 2 is 2.35 bits per heavy atom. The van der Waals surface area contributed by atoms with E-state index in [1.54, 1.807) is 31.1 Å². The number of nitrogens with one attached hydrogen (secondary N) is 1. The molecule has 3 rings (SSSR count). The maximum atomic E-state index is 12.6. The van der Waals surface area contributed by atoms with Crippen LogP contribution in [0.3, 0.4) is 0 Å². The van der Waals surface area contributed by atoms with E-state index >= 15 is 0 Å². The third kappa shape index (κ3) is 2.41. The summed E-state index contributed by atoms with van der Waals surface area (Å²) in [6, 6.07) is -0.309. The van der Waals surface area contributed by atoms with Gasteiger partial charge >= 0.3 is 0 Å². The first-order chi connectivity index (χ1) is 9.79. The van der Waals surface area contributed by atoms with E-state index in [2.05, 4.69) is 20.3 Å². The predicted molar refractivity (Wildman–Crippen MR) is 75.1 cm³/mol. The van der Waals surface area contributed by atoms with Crippen molar-refractivity contribution in [1.29, 1.82) is 0 Å². The molecule has 2 aromatic heterocycles. The summed E-state index contributed by atoms with van der Waals surface area (Å²) in [6.45, 7) is 1.14. The lowest BCUT2D eigenvalue weighted by atomic mass is 10.2. The smallest absolute Gasteiger partial charge is 0.245 e. The monoisotopic (exact) mass is 289 g/mol. The number of carbonyl (C=O) groups is 1. The maximum Gasteiger partial charge on any atom is 0.245 e. The standard InChI is InChI=1S/C13H15N5OS/c1-14-11-12-10(17-8-20-12)2-5-18(13(11)19)7-9-6-15-3-4-16-9/h3-4,6,8,11,14H,2,5,7H2,1H3. The van der Waals surface area contributed by atoms with Crippen LogP contribution in [0.1, 0.15) is 22.3 Å². The first-order valence-corrected chi connectivity index (χ1v) is 7.30. The Hall–Kier alpha value is -1.86. The minimum Gasteiger partial charge on any atom is -0.335 e. The lowest BCUT2D eigenvalue weighted by molar-refractivity contribution is -0.133. The van der Waals surface area contributed by atoms with Crippen molar-refractivity contribution in [3.8, 4) is 0 Å². The van der Waals surface area contributed by atoms with Crippen molar-refractivity contribution in [2.45, 2.75) is 19.0 Å². The molecule has 0 spiro atoms. The van der Waals surface area contributed by atoms with Crippen molar-refractivity contribution in [2.75, 3.05) is 13.6 Å². The summed E-state index contributed by atoms with van der Waals surface area (Å²) in [5, 5.41) is 3.09. The van der Waals surface area contributed by atoms with Gasteiger partial charge in [0.05, 0.1) is 34.5 Å². The fraction of sp³-hybridized carbons (Fsp3) is 0.385. The second kappa shape index (κ2) is 5.64. The number of thiazole rings is 1. The van der Waals surface area contributed by atoms with Gasteiger partial charge in [0.25, 0.3) is 0 Å². The molecular formula is C13H15N5OS. The number of aromatic nitrogens is 3. The highest BCUT2D eigenvalue weighted by molar-refractivity contribution is 7.10. The first-order valence-electron chi connectivity index (χ1n) is 6.43. The average Bonchev–Trinajstić information content (AvgIpc) is 2.89. The summed E-state index contributed by atoms with van der Waals surface area (Å²) in [4.78, 5) is 28.1. The van der Waals surface area contributed by atoms with Gasteiger partial charge in [-0.2, -0.15) is 0 Å². The number of amides is 1. The van der Waals surface area contributed by atoms with Crippen molar-refractivity contribution in [1.82, 2.24) is 25.2 Å². The summed E-state index contributed by atoms with van der Waals surface area (Å²) < 4.78 is 0. The molecule has 1 aliphatic rings. The van der Waals surface area contributed by atoms with Crippen LogP contribution < -0.4 is 5.32 Å². The molecule has 0 bridgehead atoms. The molecule has 0 aromatic carbocycles. The molecule has 0 aliphatic carbocycles. The fourth-order valence-electron chi connectivity index (χ4n) is 2.37. The number of hydrogen-bond acceptors (Lipinski definition) is 6. The number of rotatable bonds is 3. The molecule has 1 N–H and O–H groups in total. The highest BCUT2D eigenvalue weighted by atomic mass is 32.1. The van der Waals surface area contributed by atoms with Crippen LogP contribution in [0, 0.1) is 0 Å². The lowest BCUT2D eigenvalue weighted by Crippen LogP contribution is -2.38. The SMILES string of the molecule is CNC1C(=O)N(Cc2cnccn2)CCc2ncsc21. The number of likely N-dealkylation sites (N-methyl/N-ethyl adjacent to an activating group) is 1. The van der Waals surface area contributed by atoms with E-state index in [9.17, 15) is 4.79 Å². The maximum absolute atomic E-state index is 12.6. The molecule has 20 heavy (non-hydrogen) atoms. The molecule has 0 saturated carbocycles. The lowest BCUT2D eigenvalue weighted by Gasteiger charge is -2.23. The van der Waals surface area contributed by atoms with Crippen molar-refractivity contribution < 1.29 is 4.79 Å². The van der Waals surface area contributed by atoms with E-state index in [1.165, 1.54) is 11.3 Å². The largest absolute Gasteiger partial charge is 0.335 e. The number of hydrogen-bond donors (Lipinski definition) is 1. The Bertz CT molecular complexity index is 600. The van der Waals surface area contributed by atoms with E-state index in [0.717, 1.165) is 22.7 Å². The van der Waals surface area contributed by atoms with Crippen molar-refractivity contribution in [3.63, 3.8) is 0 Å². The van der Waals surface area contributed by atoms with Gasteiger partial charge < -0.3 is 10.2 Å². The molecule has 0 saturated heterocycles. The van der Waals surface area contributed by atoms with Gasteiger partial charge in [0.15, 0.2) is 0 Å². The van der Waals surface area contributed by atoms with Gasteiger partial charge in [0.1, 0.15) is 6.04 Å². The van der Waals surface area contributed by atoms with E-state index in [1.807, 2.05) is 4.90 Å². The number of carbonyl (C=O) groups excluding carboxylic acids is 1. The van der Waals surface area contributed by atoms with Crippen molar-refractivity contribution in [3.05, 3.63) is 40.4 Å². The molecule has 1 unspecified atom stereocenters. The molecule has 1 amide bonds. The third-order valence-electron chi connectivity index (χ3n) is 3.37. The highest BCUT2D eigenvalue weighted by Crippen LogP contribution is 2.27. The van der Waals surface area contributed by atoms with Crippen LogP contribution in [0.4, 0.5) is 0 Å². The van der Waals surface area contributed by atoms with Crippen molar-refractivity contribution >= 4 is 17.2 Å². The second-order valence-electron chi connectivity index (χ2n) is 4.59. The van der Waals surface area contributed by atoms with Crippen LogP contribution in [0.15, 0.2) is 24.1 Å². The Labute approximate surface area is 120 Å². The van der Waals surface area contributed by atoms with Gasteiger partial charge in [-0.15, -0.1) is 11.3 Å². The summed E-state index contributed by atoms with van der Waals surface area (Å²) in [5.74, 6) is 0.0705. The van der Waals surface area contributed by atoms with Gasteiger partial charge in [-0.1, -0.05) is 0 Å². The first kappa shape index (κ1) is 13.1. The summed E-state index contributed by atoms with van der Waals surface area (Å²) >= 11 is 1.53. The van der Waals surface area contributed by atoms with Crippen LogP contribution in [0.25, 0.3) is 0 Å². The van der Waals surface area contributed by atoms with Crippen LogP contribution in [-0.2, 0) is 17.8 Å². The molecule has 6 nitrogen and oxygen atoms in total. The fourth-order valence-corrected chi connectivity index (χ4v) is 3.30. The zero-order valence-corrected chi connectivity index (χ0v) is 11.9. The molecule has 2 aromatic rings. The molecule has 0 fully saturated rings. The van der Waals surface area contributed by atoms with Gasteiger partial charge in [-0.3, -0.25) is 14.8 Å². The molecule has 7 heteroatoms. The topological polar surface area (TPSA) is 71.0 Å².